The molecule has 1 aromatic rings. The van der Waals surface area contributed by atoms with Crippen LogP contribution in [0.2, 0.25) is 10.0 Å². The second-order valence-electron chi connectivity index (χ2n) is 5.76. The Balaban J connectivity index is 2.75. The highest BCUT2D eigenvalue weighted by Crippen LogP contribution is 2.29. The monoisotopic (exact) mass is 373 g/mol. The van der Waals surface area contributed by atoms with E-state index in [2.05, 4.69) is 10.6 Å². The molecule has 132 valence electrons. The first-order valence-corrected chi connectivity index (χ1v) is 8.15. The molecule has 0 aromatic heterocycles. The first kappa shape index (κ1) is 20.3. The zero-order valence-corrected chi connectivity index (χ0v) is 15.5. The number of carbonyl (C=O) groups is 3. The Morgan fingerprint density at radius 3 is 2.17 bits per heavy atom. The number of nitrogens with zero attached hydrogens (tertiary/aromatic N) is 1. The number of benzene rings is 1. The number of halogens is 2. The summed E-state index contributed by atoms with van der Waals surface area (Å²) in [5.41, 5.74) is 0.300. The molecule has 0 aliphatic rings. The van der Waals surface area contributed by atoms with Gasteiger partial charge in [0.2, 0.25) is 17.7 Å². The minimum Gasteiger partial charge on any atom is -0.344 e. The second kappa shape index (κ2) is 8.89. The van der Waals surface area contributed by atoms with Crippen molar-refractivity contribution < 1.29 is 14.4 Å². The first-order valence-electron chi connectivity index (χ1n) is 7.39. The molecule has 3 amide bonds. The molecule has 24 heavy (non-hydrogen) atoms. The third kappa shape index (κ3) is 5.69. The van der Waals surface area contributed by atoms with Gasteiger partial charge in [0.05, 0.1) is 22.3 Å². The van der Waals surface area contributed by atoms with Crippen LogP contribution in [0.3, 0.4) is 0 Å². The highest BCUT2D eigenvalue weighted by atomic mass is 35.5. The molecule has 1 unspecified atom stereocenters. The average molecular weight is 374 g/mol. The van der Waals surface area contributed by atoms with Gasteiger partial charge in [-0.3, -0.25) is 14.4 Å². The summed E-state index contributed by atoms with van der Waals surface area (Å²) in [4.78, 5) is 37.0. The summed E-state index contributed by atoms with van der Waals surface area (Å²) in [6.07, 6.45) is 0. The maximum atomic E-state index is 12.4. The largest absolute Gasteiger partial charge is 0.344 e. The predicted octanol–water partition coefficient (Wildman–Crippen LogP) is 2.55. The minimum atomic E-state index is -0.691. The molecule has 0 saturated heterocycles. The van der Waals surface area contributed by atoms with Crippen molar-refractivity contribution in [3.05, 3.63) is 28.2 Å². The number of carbonyl (C=O) groups excluding carboxylic acids is 3. The van der Waals surface area contributed by atoms with Crippen LogP contribution in [0.15, 0.2) is 18.2 Å². The van der Waals surface area contributed by atoms with Crippen molar-refractivity contribution >= 4 is 46.6 Å². The molecule has 0 bridgehead atoms. The Morgan fingerprint density at radius 1 is 1.17 bits per heavy atom. The number of hydrogen-bond donors (Lipinski definition) is 2. The molecule has 8 heteroatoms. The highest BCUT2D eigenvalue weighted by Gasteiger charge is 2.27. The molecule has 0 heterocycles. The van der Waals surface area contributed by atoms with Crippen LogP contribution >= 0.6 is 23.2 Å². The molecule has 1 atom stereocenters. The summed E-state index contributed by atoms with van der Waals surface area (Å²) in [6, 6.07) is 4.17. The van der Waals surface area contributed by atoms with Crippen LogP contribution in [0.5, 0.6) is 0 Å². The van der Waals surface area contributed by atoms with Gasteiger partial charge in [-0.25, -0.2) is 0 Å². The molecule has 0 radical (unpaired) electrons. The molecule has 0 aliphatic carbocycles. The van der Waals surface area contributed by atoms with Crippen molar-refractivity contribution in [2.24, 2.45) is 5.92 Å². The molecule has 0 aliphatic heterocycles. The third-order valence-corrected chi connectivity index (χ3v) is 3.91. The molecule has 0 fully saturated rings. The minimum absolute atomic E-state index is 0.107. The van der Waals surface area contributed by atoms with Gasteiger partial charge in [-0.1, -0.05) is 43.1 Å². The van der Waals surface area contributed by atoms with Crippen LogP contribution in [0, 0.1) is 5.92 Å². The van der Waals surface area contributed by atoms with Crippen molar-refractivity contribution in [1.82, 2.24) is 10.2 Å². The summed E-state index contributed by atoms with van der Waals surface area (Å²) in [6.45, 7) is 4.78. The maximum absolute atomic E-state index is 12.4. The van der Waals surface area contributed by atoms with Gasteiger partial charge in [-0.05, 0) is 18.1 Å². The molecular weight excluding hydrogens is 353 g/mol. The number of anilines is 1. The summed E-state index contributed by atoms with van der Waals surface area (Å²) in [7, 11) is 1.49. The van der Waals surface area contributed by atoms with E-state index in [0.29, 0.717) is 15.7 Å². The smallest absolute Gasteiger partial charge is 0.245 e. The van der Waals surface area contributed by atoms with Gasteiger partial charge in [0.1, 0.15) is 6.04 Å². The number of likely N-dealkylation sites (N-methyl/N-ethyl adjacent to an activating group) is 1. The van der Waals surface area contributed by atoms with E-state index in [1.165, 1.54) is 18.9 Å². The molecule has 6 nitrogen and oxygen atoms in total. The van der Waals surface area contributed by atoms with Crippen molar-refractivity contribution in [1.29, 1.82) is 0 Å². The van der Waals surface area contributed by atoms with Gasteiger partial charge in [0, 0.05) is 14.0 Å². The lowest BCUT2D eigenvalue weighted by Gasteiger charge is -2.26. The number of nitrogens with one attached hydrogen (secondary N) is 2. The third-order valence-electron chi connectivity index (χ3n) is 3.28. The van der Waals surface area contributed by atoms with Gasteiger partial charge >= 0.3 is 0 Å². The van der Waals surface area contributed by atoms with Gasteiger partial charge in [0.15, 0.2) is 0 Å². The van der Waals surface area contributed by atoms with E-state index in [9.17, 15) is 14.4 Å². The fourth-order valence-electron chi connectivity index (χ4n) is 2.06. The normalized spacial score (nSPS) is 11.8. The van der Waals surface area contributed by atoms with Crippen molar-refractivity contribution in [2.75, 3.05) is 18.9 Å². The van der Waals surface area contributed by atoms with Crippen LogP contribution in [0.1, 0.15) is 20.8 Å². The van der Waals surface area contributed by atoms with Crippen LogP contribution in [-0.2, 0) is 14.4 Å². The second-order valence-corrected chi connectivity index (χ2v) is 6.58. The van der Waals surface area contributed by atoms with Gasteiger partial charge < -0.3 is 15.5 Å². The fourth-order valence-corrected chi connectivity index (χ4v) is 2.55. The summed E-state index contributed by atoms with van der Waals surface area (Å²) in [5.74, 6) is -1.19. The lowest BCUT2D eigenvalue weighted by atomic mass is 10.0. The fraction of sp³-hybridized carbons (Fsp3) is 0.438. The van der Waals surface area contributed by atoms with E-state index in [1.807, 2.05) is 13.8 Å². The Morgan fingerprint density at radius 2 is 1.71 bits per heavy atom. The Hall–Kier alpha value is -1.79. The van der Waals surface area contributed by atoms with Gasteiger partial charge in [-0.15, -0.1) is 0 Å². The van der Waals surface area contributed by atoms with Crippen LogP contribution in [0.25, 0.3) is 0 Å². The topological polar surface area (TPSA) is 78.5 Å². The van der Waals surface area contributed by atoms with E-state index in [-0.39, 0.29) is 24.3 Å². The lowest BCUT2D eigenvalue weighted by molar-refractivity contribution is -0.138. The standard InChI is InChI=1S/C16H21Cl2N3O3/c1-9(2)14(19-10(3)22)16(24)21(4)8-13(23)20-15-11(17)6-5-7-12(15)18/h5-7,9,14H,8H2,1-4H3,(H,19,22)(H,20,23). The summed E-state index contributed by atoms with van der Waals surface area (Å²) in [5, 5.41) is 5.80. The number of rotatable bonds is 6. The SMILES string of the molecule is CC(=O)NC(C(=O)N(C)CC(=O)Nc1c(Cl)cccc1Cl)C(C)C. The number of para-hydroxylation sites is 1. The molecule has 2 N–H and O–H groups in total. The van der Waals surface area contributed by atoms with E-state index >= 15 is 0 Å². The zero-order chi connectivity index (χ0) is 18.4. The van der Waals surface area contributed by atoms with Gasteiger partial charge in [-0.2, -0.15) is 0 Å². The molecule has 1 aromatic carbocycles. The van der Waals surface area contributed by atoms with Crippen LogP contribution in [0.4, 0.5) is 5.69 Å². The molecule has 1 rings (SSSR count). The number of amides is 3. The summed E-state index contributed by atoms with van der Waals surface area (Å²) < 4.78 is 0. The van der Waals surface area contributed by atoms with Crippen LogP contribution < -0.4 is 10.6 Å². The molecule has 0 saturated carbocycles. The lowest BCUT2D eigenvalue weighted by Crippen LogP contribution is -2.51. The molecular formula is C16H21Cl2N3O3. The van der Waals surface area contributed by atoms with E-state index in [4.69, 9.17) is 23.2 Å². The Kier molecular flexibility index (Phi) is 7.51. The summed E-state index contributed by atoms with van der Waals surface area (Å²) >= 11 is 12.0. The van der Waals surface area contributed by atoms with E-state index in [0.717, 1.165) is 0 Å². The van der Waals surface area contributed by atoms with Crippen molar-refractivity contribution in [2.45, 2.75) is 26.8 Å². The van der Waals surface area contributed by atoms with Crippen molar-refractivity contribution in [3.8, 4) is 0 Å². The molecule has 0 spiro atoms. The van der Waals surface area contributed by atoms with Crippen molar-refractivity contribution in [3.63, 3.8) is 0 Å². The maximum Gasteiger partial charge on any atom is 0.245 e. The van der Waals surface area contributed by atoms with Gasteiger partial charge in [0.25, 0.3) is 0 Å². The highest BCUT2D eigenvalue weighted by molar-refractivity contribution is 6.39. The quantitative estimate of drug-likeness (QED) is 0.803. The first-order chi connectivity index (χ1) is 11.1. The Labute approximate surface area is 151 Å². The van der Waals surface area contributed by atoms with E-state index < -0.39 is 11.9 Å². The average Bonchev–Trinajstić information content (AvgIpc) is 2.47. The Bertz CT molecular complexity index is 615. The van der Waals surface area contributed by atoms with E-state index in [1.54, 1.807) is 18.2 Å². The number of hydrogen-bond acceptors (Lipinski definition) is 3. The van der Waals surface area contributed by atoms with Crippen LogP contribution in [-0.4, -0.2) is 42.3 Å². The predicted molar refractivity (Wildman–Crippen MR) is 95.2 cm³/mol. The zero-order valence-electron chi connectivity index (χ0n) is 14.0.